The molecule has 1 fully saturated rings. The summed E-state index contributed by atoms with van der Waals surface area (Å²) in [4.78, 5) is 13.3. The van der Waals surface area contributed by atoms with Crippen molar-refractivity contribution >= 4 is 51.1 Å². The first kappa shape index (κ1) is 23.1. The summed E-state index contributed by atoms with van der Waals surface area (Å²) < 4.78 is 0. The molecule has 3 aromatic carbocycles. The number of benzene rings is 3. The number of hydrogen-bond acceptors (Lipinski definition) is 6. The van der Waals surface area contributed by atoms with E-state index in [1.807, 2.05) is 12.3 Å². The molecule has 2 N–H and O–H groups in total. The zero-order chi connectivity index (χ0) is 24.5. The fourth-order valence-electron chi connectivity index (χ4n) is 5.50. The van der Waals surface area contributed by atoms with Gasteiger partial charge in [0.1, 0.15) is 6.67 Å². The summed E-state index contributed by atoms with van der Waals surface area (Å²) in [5.41, 5.74) is 13.7. The molecular formula is C30H33N5S. The summed E-state index contributed by atoms with van der Waals surface area (Å²) >= 11 is 1.80. The highest BCUT2D eigenvalue weighted by Crippen LogP contribution is 2.39. The Labute approximate surface area is 217 Å². The number of nitrogens with two attached hydrogens (primary N) is 1. The molecule has 0 radical (unpaired) electrons. The van der Waals surface area contributed by atoms with Crippen LogP contribution in [0.5, 0.6) is 0 Å². The number of nitrogen functional groups attached to an aromatic ring is 1. The van der Waals surface area contributed by atoms with Gasteiger partial charge in [0.15, 0.2) is 0 Å². The van der Waals surface area contributed by atoms with E-state index in [4.69, 9.17) is 5.73 Å². The Bertz CT molecular complexity index is 1380. The largest absolute Gasteiger partial charge is 0.398 e. The van der Waals surface area contributed by atoms with Crippen molar-refractivity contribution in [3.8, 4) is 0 Å². The van der Waals surface area contributed by atoms with Crippen LogP contribution in [0.3, 0.4) is 0 Å². The Balaban J connectivity index is 1.22. The van der Waals surface area contributed by atoms with Gasteiger partial charge in [-0.05, 0) is 71.6 Å². The van der Waals surface area contributed by atoms with Crippen LogP contribution in [0, 0.1) is 0 Å². The summed E-state index contributed by atoms with van der Waals surface area (Å²) in [6.45, 7) is 8.53. The average molecular weight is 496 g/mol. The van der Waals surface area contributed by atoms with E-state index in [2.05, 4.69) is 86.6 Å². The van der Waals surface area contributed by atoms with Crippen molar-refractivity contribution in [2.45, 2.75) is 19.8 Å². The fraction of sp³-hybridized carbons (Fsp3) is 0.300. The lowest BCUT2D eigenvalue weighted by molar-refractivity contribution is 0.271. The maximum atomic E-state index is 6.24. The fourth-order valence-corrected chi connectivity index (χ4v) is 6.49. The van der Waals surface area contributed by atoms with E-state index in [1.54, 1.807) is 11.3 Å². The Morgan fingerprint density at radius 1 is 0.833 bits per heavy atom. The second-order valence-electron chi connectivity index (χ2n) is 9.65. The van der Waals surface area contributed by atoms with Crippen LogP contribution in [0.4, 0.5) is 22.7 Å². The number of rotatable bonds is 6. The lowest BCUT2D eigenvalue weighted by Gasteiger charge is -2.35. The van der Waals surface area contributed by atoms with E-state index >= 15 is 0 Å². The third-order valence-corrected chi connectivity index (χ3v) is 8.58. The first-order valence-corrected chi connectivity index (χ1v) is 13.8. The van der Waals surface area contributed by atoms with Crippen molar-refractivity contribution < 1.29 is 0 Å². The van der Waals surface area contributed by atoms with Crippen molar-refractivity contribution in [3.63, 3.8) is 0 Å². The molecule has 0 aliphatic carbocycles. The molecule has 36 heavy (non-hydrogen) atoms. The molecule has 184 valence electrons. The summed E-state index contributed by atoms with van der Waals surface area (Å²) in [5, 5.41) is 4.72. The van der Waals surface area contributed by atoms with Gasteiger partial charge in [-0.1, -0.05) is 37.3 Å². The first-order valence-electron chi connectivity index (χ1n) is 12.9. The number of likely N-dealkylation sites (N-methyl/N-ethyl adjacent to an activating group) is 1. The van der Waals surface area contributed by atoms with Gasteiger partial charge < -0.3 is 20.4 Å². The van der Waals surface area contributed by atoms with E-state index in [0.29, 0.717) is 6.67 Å². The molecule has 4 aromatic rings. The number of hydrogen-bond donors (Lipinski definition) is 1. The average Bonchev–Trinajstić information content (AvgIpc) is 3.36. The number of piperazine rings is 1. The minimum absolute atomic E-state index is 0.663. The molecule has 6 rings (SSSR count). The topological polar surface area (TPSA) is 48.1 Å². The lowest BCUT2D eigenvalue weighted by Crippen LogP contribution is -2.46. The molecular weight excluding hydrogens is 462 g/mol. The molecule has 0 atom stereocenters. The normalized spacial score (nSPS) is 16.0. The van der Waals surface area contributed by atoms with Crippen LogP contribution in [0.2, 0.25) is 0 Å². The summed E-state index contributed by atoms with van der Waals surface area (Å²) in [5.74, 6) is 0. The Morgan fingerprint density at radius 3 is 2.33 bits per heavy atom. The molecule has 3 heterocycles. The van der Waals surface area contributed by atoms with Crippen LogP contribution in [0.1, 0.15) is 22.9 Å². The van der Waals surface area contributed by atoms with Gasteiger partial charge >= 0.3 is 0 Å². The van der Waals surface area contributed by atoms with Crippen LogP contribution in [0.15, 0.2) is 71.0 Å². The van der Waals surface area contributed by atoms with E-state index < -0.39 is 0 Å². The number of fused-ring (bicyclic) bond motifs is 2. The number of anilines is 4. The summed E-state index contributed by atoms with van der Waals surface area (Å²) in [7, 11) is 0. The molecule has 0 unspecified atom stereocenters. The molecule has 6 heteroatoms. The van der Waals surface area contributed by atoms with Crippen LogP contribution in [-0.2, 0) is 12.8 Å². The standard InChI is InChI=1S/C30H33N5S/c1-2-33-15-17-34(18-16-33)24-10-12-25(13-11-24)35-21-32-19-29-30(35)23(20-36-29)8-7-22-9-14-28(31)27-6-4-3-5-26(22)27/h3-6,9-14,19-20H,2,7-8,15-18,21,31H2,1H3. The molecule has 2 aliphatic heterocycles. The Kier molecular flexibility index (Phi) is 6.38. The second-order valence-corrected chi connectivity index (χ2v) is 10.6. The molecule has 2 aliphatic rings. The molecule has 1 aromatic heterocycles. The number of thiophene rings is 1. The van der Waals surface area contributed by atoms with Gasteiger partial charge in [-0.2, -0.15) is 0 Å². The smallest absolute Gasteiger partial charge is 0.115 e. The molecule has 1 saturated heterocycles. The predicted molar refractivity (Wildman–Crippen MR) is 155 cm³/mol. The van der Waals surface area contributed by atoms with E-state index in [-0.39, 0.29) is 0 Å². The van der Waals surface area contributed by atoms with Gasteiger partial charge in [-0.3, -0.25) is 4.99 Å². The minimum atomic E-state index is 0.663. The maximum absolute atomic E-state index is 6.24. The van der Waals surface area contributed by atoms with Gasteiger partial charge in [-0.25, -0.2) is 0 Å². The molecule has 5 nitrogen and oxygen atoms in total. The Morgan fingerprint density at radius 2 is 1.56 bits per heavy atom. The quantitative estimate of drug-likeness (QED) is 0.336. The monoisotopic (exact) mass is 495 g/mol. The van der Waals surface area contributed by atoms with E-state index in [9.17, 15) is 0 Å². The predicted octanol–water partition coefficient (Wildman–Crippen LogP) is 5.94. The number of aryl methyl sites for hydroxylation is 2. The minimum Gasteiger partial charge on any atom is -0.398 e. The molecule has 0 spiro atoms. The van der Waals surface area contributed by atoms with Crippen LogP contribution in [0.25, 0.3) is 10.8 Å². The molecule has 0 bridgehead atoms. The van der Waals surface area contributed by atoms with Crippen LogP contribution < -0.4 is 15.5 Å². The van der Waals surface area contributed by atoms with Gasteiger partial charge in [0.25, 0.3) is 0 Å². The van der Waals surface area contributed by atoms with E-state index in [1.165, 1.54) is 38.5 Å². The highest BCUT2D eigenvalue weighted by atomic mass is 32.1. The van der Waals surface area contributed by atoms with Crippen molar-refractivity contribution in [1.82, 2.24) is 4.90 Å². The third-order valence-electron chi connectivity index (χ3n) is 7.63. The van der Waals surface area contributed by atoms with Crippen molar-refractivity contribution in [1.29, 1.82) is 0 Å². The van der Waals surface area contributed by atoms with Crippen molar-refractivity contribution in [2.75, 3.05) is 54.9 Å². The zero-order valence-electron chi connectivity index (χ0n) is 20.9. The Hall–Kier alpha value is -3.35. The van der Waals surface area contributed by atoms with Gasteiger partial charge in [0.2, 0.25) is 0 Å². The summed E-state index contributed by atoms with van der Waals surface area (Å²) in [6, 6.07) is 21.8. The van der Waals surface area contributed by atoms with Crippen LogP contribution >= 0.6 is 11.3 Å². The van der Waals surface area contributed by atoms with Crippen molar-refractivity contribution in [2.24, 2.45) is 4.99 Å². The highest BCUT2D eigenvalue weighted by Gasteiger charge is 2.22. The third kappa shape index (κ3) is 4.36. The zero-order valence-corrected chi connectivity index (χ0v) is 21.7. The number of aliphatic imine (C=N–C) groups is 1. The maximum Gasteiger partial charge on any atom is 0.115 e. The number of nitrogens with zero attached hydrogens (tertiary/aromatic N) is 4. The first-order chi connectivity index (χ1) is 17.7. The molecule has 0 amide bonds. The second kappa shape index (κ2) is 9.96. The van der Waals surface area contributed by atoms with E-state index in [0.717, 1.165) is 56.6 Å². The molecule has 0 saturated carbocycles. The van der Waals surface area contributed by atoms with Crippen molar-refractivity contribution in [3.05, 3.63) is 82.0 Å². The van der Waals surface area contributed by atoms with Gasteiger partial charge in [-0.15, -0.1) is 11.3 Å². The lowest BCUT2D eigenvalue weighted by atomic mass is 9.97. The highest BCUT2D eigenvalue weighted by molar-refractivity contribution is 7.12. The SMILES string of the molecule is CCN1CCN(c2ccc(N3CN=Cc4scc(CCc5ccc(N)c6ccccc56)c43)cc2)CC1. The summed E-state index contributed by atoms with van der Waals surface area (Å²) in [6.07, 6.45) is 4.02. The van der Waals surface area contributed by atoms with Gasteiger partial charge in [0, 0.05) is 54.8 Å². The van der Waals surface area contributed by atoms with Crippen LogP contribution in [-0.4, -0.2) is 50.5 Å². The van der Waals surface area contributed by atoms with Gasteiger partial charge in [0.05, 0.1) is 10.6 Å².